The molecule has 1 atom stereocenters. The highest BCUT2D eigenvalue weighted by molar-refractivity contribution is 6.11. The molecular formula is C22H17N5O2. The number of fused-ring (bicyclic) bond motifs is 2. The Bertz CT molecular complexity index is 1230. The van der Waals surface area contributed by atoms with Gasteiger partial charge in [-0.25, -0.2) is 4.79 Å². The number of aromatic nitrogens is 4. The first-order chi connectivity index (χ1) is 14.3. The zero-order valence-electron chi connectivity index (χ0n) is 15.6. The molecule has 1 unspecified atom stereocenters. The van der Waals surface area contributed by atoms with Crippen LogP contribution in [0.2, 0.25) is 0 Å². The minimum absolute atomic E-state index is 0.257. The van der Waals surface area contributed by atoms with Gasteiger partial charge in [0.05, 0.1) is 7.11 Å². The Labute approximate surface area is 166 Å². The van der Waals surface area contributed by atoms with E-state index < -0.39 is 5.97 Å². The number of rotatable bonds is 3. The average Bonchev–Trinajstić information content (AvgIpc) is 3.27. The molecule has 4 aromatic rings. The third kappa shape index (κ3) is 2.75. The van der Waals surface area contributed by atoms with Crippen molar-refractivity contribution in [2.24, 2.45) is 0 Å². The minimum Gasteiger partial charge on any atom is -0.464 e. The Morgan fingerprint density at radius 3 is 2.55 bits per heavy atom. The van der Waals surface area contributed by atoms with Crippen LogP contribution in [-0.2, 0) is 9.53 Å². The molecule has 2 heterocycles. The standard InChI is InChI=1S/C22H17N5O2/c1-29-22(28)19-14-26(18-13-7-11-15-8-5-6-12-17(15)18)20(16-9-3-2-4-10-16)21-23-24-25-27(19)21/h2-14,20H,1H3. The predicted octanol–water partition coefficient (Wildman–Crippen LogP) is 3.41. The molecule has 0 saturated carbocycles. The molecule has 0 N–H and O–H groups in total. The molecule has 7 nitrogen and oxygen atoms in total. The van der Waals surface area contributed by atoms with Crippen LogP contribution in [0.3, 0.4) is 0 Å². The van der Waals surface area contributed by atoms with Crippen molar-refractivity contribution in [3.05, 3.63) is 90.4 Å². The maximum absolute atomic E-state index is 12.5. The van der Waals surface area contributed by atoms with Gasteiger partial charge in [-0.2, -0.15) is 4.68 Å². The van der Waals surface area contributed by atoms with Crippen molar-refractivity contribution in [2.45, 2.75) is 6.04 Å². The quantitative estimate of drug-likeness (QED) is 0.505. The van der Waals surface area contributed by atoms with Gasteiger partial charge in [0.15, 0.2) is 11.5 Å². The van der Waals surface area contributed by atoms with Crippen molar-refractivity contribution in [2.75, 3.05) is 12.0 Å². The first-order valence-electron chi connectivity index (χ1n) is 9.18. The van der Waals surface area contributed by atoms with Crippen LogP contribution in [0.5, 0.6) is 0 Å². The second kappa shape index (κ2) is 6.87. The number of benzene rings is 3. The molecule has 7 heteroatoms. The van der Waals surface area contributed by atoms with Crippen LogP contribution in [0.15, 0.2) is 79.0 Å². The molecule has 3 aromatic carbocycles. The average molecular weight is 383 g/mol. The largest absolute Gasteiger partial charge is 0.464 e. The number of nitrogens with zero attached hydrogens (tertiary/aromatic N) is 5. The second-order valence-electron chi connectivity index (χ2n) is 6.67. The third-order valence-electron chi connectivity index (χ3n) is 5.06. The first kappa shape index (κ1) is 17.1. The number of methoxy groups -OCH3 is 1. The fourth-order valence-corrected chi connectivity index (χ4v) is 3.75. The van der Waals surface area contributed by atoms with Crippen molar-refractivity contribution in [1.29, 1.82) is 0 Å². The maximum atomic E-state index is 12.5. The normalized spacial score (nSPS) is 15.7. The number of esters is 1. The summed E-state index contributed by atoms with van der Waals surface area (Å²) in [7, 11) is 1.35. The Morgan fingerprint density at radius 2 is 1.72 bits per heavy atom. The topological polar surface area (TPSA) is 73.1 Å². The van der Waals surface area contributed by atoms with Gasteiger partial charge >= 0.3 is 5.97 Å². The van der Waals surface area contributed by atoms with Gasteiger partial charge in [0.25, 0.3) is 0 Å². The highest BCUT2D eigenvalue weighted by atomic mass is 16.5. The van der Waals surface area contributed by atoms with E-state index in [1.807, 2.05) is 59.5 Å². The number of carbonyl (C=O) groups excluding carboxylic acids is 1. The van der Waals surface area contributed by atoms with E-state index >= 15 is 0 Å². The smallest absolute Gasteiger partial charge is 0.358 e. The van der Waals surface area contributed by atoms with Gasteiger partial charge in [0.2, 0.25) is 0 Å². The Morgan fingerprint density at radius 1 is 0.966 bits per heavy atom. The lowest BCUT2D eigenvalue weighted by atomic mass is 10.00. The van der Waals surface area contributed by atoms with E-state index in [0.29, 0.717) is 5.82 Å². The van der Waals surface area contributed by atoms with Gasteiger partial charge in [-0.1, -0.05) is 66.7 Å². The molecule has 0 bridgehead atoms. The summed E-state index contributed by atoms with van der Waals surface area (Å²) in [5.41, 5.74) is 2.22. The highest BCUT2D eigenvalue weighted by Gasteiger charge is 2.35. The van der Waals surface area contributed by atoms with Crippen molar-refractivity contribution in [3.8, 4) is 0 Å². The van der Waals surface area contributed by atoms with Gasteiger partial charge in [0.1, 0.15) is 6.04 Å². The number of hydrogen-bond acceptors (Lipinski definition) is 6. The van der Waals surface area contributed by atoms with E-state index in [4.69, 9.17) is 4.74 Å². The molecule has 1 aliphatic heterocycles. The van der Waals surface area contributed by atoms with E-state index in [0.717, 1.165) is 22.0 Å². The fourth-order valence-electron chi connectivity index (χ4n) is 3.75. The Kier molecular flexibility index (Phi) is 4.05. The van der Waals surface area contributed by atoms with Crippen LogP contribution >= 0.6 is 0 Å². The molecule has 0 fully saturated rings. The predicted molar refractivity (Wildman–Crippen MR) is 109 cm³/mol. The lowest BCUT2D eigenvalue weighted by Gasteiger charge is -2.34. The molecule has 0 saturated heterocycles. The summed E-state index contributed by atoms with van der Waals surface area (Å²) in [4.78, 5) is 14.5. The number of carbonyl (C=O) groups is 1. The van der Waals surface area contributed by atoms with Crippen molar-refractivity contribution >= 4 is 28.1 Å². The van der Waals surface area contributed by atoms with E-state index in [1.54, 1.807) is 6.20 Å². The summed E-state index contributed by atoms with van der Waals surface area (Å²) in [6.45, 7) is 0. The Balaban J connectivity index is 1.79. The number of anilines is 1. The molecule has 142 valence electrons. The van der Waals surface area contributed by atoms with Crippen LogP contribution in [0, 0.1) is 0 Å². The van der Waals surface area contributed by atoms with Crippen LogP contribution in [0.1, 0.15) is 17.4 Å². The molecule has 0 spiro atoms. The molecule has 0 aliphatic carbocycles. The van der Waals surface area contributed by atoms with Gasteiger partial charge in [0, 0.05) is 17.3 Å². The van der Waals surface area contributed by atoms with Crippen LogP contribution in [-0.4, -0.2) is 33.3 Å². The van der Waals surface area contributed by atoms with Gasteiger partial charge in [-0.05, 0) is 27.4 Å². The SMILES string of the molecule is COC(=O)C1=CN(c2cccc3ccccc23)C(c2ccccc2)c2nnnn21. The van der Waals surface area contributed by atoms with E-state index in [9.17, 15) is 4.79 Å². The molecule has 0 radical (unpaired) electrons. The zero-order valence-corrected chi connectivity index (χ0v) is 15.6. The van der Waals surface area contributed by atoms with E-state index in [1.165, 1.54) is 11.8 Å². The number of hydrogen-bond donors (Lipinski definition) is 0. The first-order valence-corrected chi connectivity index (χ1v) is 9.18. The van der Waals surface area contributed by atoms with Gasteiger partial charge in [-0.15, -0.1) is 5.10 Å². The lowest BCUT2D eigenvalue weighted by molar-refractivity contribution is -0.134. The summed E-state index contributed by atoms with van der Waals surface area (Å²) in [5, 5.41) is 14.3. The summed E-state index contributed by atoms with van der Waals surface area (Å²) in [6, 6.07) is 23.9. The third-order valence-corrected chi connectivity index (χ3v) is 5.06. The van der Waals surface area contributed by atoms with Crippen molar-refractivity contribution in [3.63, 3.8) is 0 Å². The summed E-state index contributed by atoms with van der Waals surface area (Å²) in [5.74, 6) is 0.0438. The summed E-state index contributed by atoms with van der Waals surface area (Å²) < 4.78 is 6.43. The van der Waals surface area contributed by atoms with Crippen molar-refractivity contribution in [1.82, 2.24) is 20.2 Å². The molecule has 1 aliphatic rings. The van der Waals surface area contributed by atoms with Crippen LogP contribution in [0.25, 0.3) is 16.5 Å². The van der Waals surface area contributed by atoms with Crippen molar-refractivity contribution < 1.29 is 9.53 Å². The zero-order chi connectivity index (χ0) is 19.8. The molecule has 1 aromatic heterocycles. The summed E-state index contributed by atoms with van der Waals surface area (Å²) >= 11 is 0. The monoisotopic (exact) mass is 383 g/mol. The van der Waals surface area contributed by atoms with Gasteiger partial charge < -0.3 is 9.64 Å². The van der Waals surface area contributed by atoms with E-state index in [-0.39, 0.29) is 11.7 Å². The fraction of sp³-hybridized carbons (Fsp3) is 0.0909. The number of tetrazole rings is 1. The Hall–Kier alpha value is -4.00. The molecule has 5 rings (SSSR count). The van der Waals surface area contributed by atoms with Crippen LogP contribution in [0.4, 0.5) is 5.69 Å². The minimum atomic E-state index is -0.504. The molecule has 0 amide bonds. The second-order valence-corrected chi connectivity index (χ2v) is 6.67. The van der Waals surface area contributed by atoms with Gasteiger partial charge in [-0.3, -0.25) is 0 Å². The molecule has 29 heavy (non-hydrogen) atoms. The van der Waals surface area contributed by atoms with E-state index in [2.05, 4.69) is 33.7 Å². The van der Waals surface area contributed by atoms with Crippen LogP contribution < -0.4 is 4.90 Å². The highest BCUT2D eigenvalue weighted by Crippen LogP contribution is 2.39. The molecular weight excluding hydrogens is 366 g/mol. The maximum Gasteiger partial charge on any atom is 0.358 e. The number of ether oxygens (including phenoxy) is 1. The lowest BCUT2D eigenvalue weighted by Crippen LogP contribution is -2.34. The summed E-state index contributed by atoms with van der Waals surface area (Å²) in [6.07, 6.45) is 1.76.